The van der Waals surface area contributed by atoms with E-state index in [9.17, 15) is 4.79 Å². The molecule has 0 aliphatic carbocycles. The Labute approximate surface area is 107 Å². The van der Waals surface area contributed by atoms with Crippen molar-refractivity contribution in [2.75, 3.05) is 25.0 Å². The maximum absolute atomic E-state index is 11.1. The Hall–Kier alpha value is -1.62. The number of anilines is 1. The summed E-state index contributed by atoms with van der Waals surface area (Å²) in [7, 11) is 0. The van der Waals surface area contributed by atoms with Gasteiger partial charge in [-0.3, -0.25) is 14.7 Å². The predicted octanol–water partition coefficient (Wildman–Crippen LogP) is 0.821. The van der Waals surface area contributed by atoms with Crippen molar-refractivity contribution in [3.05, 3.63) is 24.0 Å². The van der Waals surface area contributed by atoms with Gasteiger partial charge in [0.05, 0.1) is 11.6 Å². The van der Waals surface area contributed by atoms with Crippen LogP contribution in [0.1, 0.15) is 19.0 Å². The number of hydrogen-bond acceptors (Lipinski definition) is 4. The molecule has 1 amide bonds. The quantitative estimate of drug-likeness (QED) is 0.809. The molecule has 0 aromatic carbocycles. The summed E-state index contributed by atoms with van der Waals surface area (Å²) in [6, 6.07) is 4.02. The number of nitrogens with one attached hydrogen (secondary N) is 1. The number of nitrogens with zero attached hydrogens (tertiary/aromatic N) is 2. The first-order valence-electron chi connectivity index (χ1n) is 6.39. The molecule has 1 aromatic heterocycles. The number of rotatable bonds is 5. The summed E-state index contributed by atoms with van der Waals surface area (Å²) in [5.74, 6) is -0.186. The van der Waals surface area contributed by atoms with Gasteiger partial charge >= 0.3 is 0 Å². The summed E-state index contributed by atoms with van der Waals surface area (Å²) >= 11 is 0. The van der Waals surface area contributed by atoms with Gasteiger partial charge in [-0.2, -0.15) is 0 Å². The van der Waals surface area contributed by atoms with E-state index in [-0.39, 0.29) is 11.8 Å². The standard InChI is InChI=1S/C13H20N4O/c1-2-15-11-3-5-16-12(7-11)9-17-6-4-10(8-17)13(14)18/h3,5,7,10H,2,4,6,8-9H2,1H3,(H2,14,18)(H,15,16). The van der Waals surface area contributed by atoms with Gasteiger partial charge in [0, 0.05) is 31.5 Å². The maximum Gasteiger partial charge on any atom is 0.221 e. The van der Waals surface area contributed by atoms with E-state index in [2.05, 4.69) is 28.2 Å². The Bertz CT molecular complexity index is 421. The fourth-order valence-electron chi connectivity index (χ4n) is 2.32. The first-order valence-corrected chi connectivity index (χ1v) is 6.39. The predicted molar refractivity (Wildman–Crippen MR) is 71.0 cm³/mol. The van der Waals surface area contributed by atoms with Crippen LogP contribution in [0.4, 0.5) is 5.69 Å². The fourth-order valence-corrected chi connectivity index (χ4v) is 2.32. The number of primary amides is 1. The van der Waals surface area contributed by atoms with Crippen LogP contribution in [0.15, 0.2) is 18.3 Å². The van der Waals surface area contributed by atoms with Crippen molar-refractivity contribution in [3.63, 3.8) is 0 Å². The number of aromatic nitrogens is 1. The van der Waals surface area contributed by atoms with Crippen LogP contribution in [0, 0.1) is 5.92 Å². The van der Waals surface area contributed by atoms with Gasteiger partial charge in [0.25, 0.3) is 0 Å². The van der Waals surface area contributed by atoms with Crippen LogP contribution >= 0.6 is 0 Å². The molecule has 0 spiro atoms. The summed E-state index contributed by atoms with van der Waals surface area (Å²) in [6.07, 6.45) is 2.68. The van der Waals surface area contributed by atoms with Crippen molar-refractivity contribution in [1.82, 2.24) is 9.88 Å². The van der Waals surface area contributed by atoms with Gasteiger partial charge in [-0.05, 0) is 32.0 Å². The lowest BCUT2D eigenvalue weighted by Crippen LogP contribution is -2.27. The zero-order valence-electron chi connectivity index (χ0n) is 10.7. The lowest BCUT2D eigenvalue weighted by molar-refractivity contribution is -0.121. The van der Waals surface area contributed by atoms with Crippen molar-refractivity contribution in [2.24, 2.45) is 11.7 Å². The summed E-state index contributed by atoms with van der Waals surface area (Å²) < 4.78 is 0. The van der Waals surface area contributed by atoms with E-state index in [1.807, 2.05) is 12.3 Å². The Morgan fingerprint density at radius 3 is 3.17 bits per heavy atom. The highest BCUT2D eigenvalue weighted by Crippen LogP contribution is 2.18. The minimum atomic E-state index is -0.188. The van der Waals surface area contributed by atoms with E-state index in [1.165, 1.54) is 0 Å². The van der Waals surface area contributed by atoms with Crippen LogP contribution in [0.25, 0.3) is 0 Å². The number of likely N-dealkylation sites (tertiary alicyclic amines) is 1. The molecule has 2 rings (SSSR count). The number of nitrogens with two attached hydrogens (primary N) is 1. The Kier molecular flexibility index (Phi) is 4.15. The number of pyridine rings is 1. The van der Waals surface area contributed by atoms with Crippen molar-refractivity contribution in [2.45, 2.75) is 19.9 Å². The lowest BCUT2D eigenvalue weighted by atomic mass is 10.1. The van der Waals surface area contributed by atoms with E-state index in [4.69, 9.17) is 5.73 Å². The molecule has 1 aliphatic heterocycles. The molecule has 1 aromatic rings. The van der Waals surface area contributed by atoms with Crippen molar-refractivity contribution >= 4 is 11.6 Å². The molecule has 5 nitrogen and oxygen atoms in total. The van der Waals surface area contributed by atoms with Gasteiger partial charge in [0.15, 0.2) is 0 Å². The average Bonchev–Trinajstić information content (AvgIpc) is 2.78. The zero-order chi connectivity index (χ0) is 13.0. The first-order chi connectivity index (χ1) is 8.69. The molecule has 18 heavy (non-hydrogen) atoms. The second kappa shape index (κ2) is 5.82. The Balaban J connectivity index is 1.94. The van der Waals surface area contributed by atoms with Crippen LogP contribution in [-0.4, -0.2) is 35.4 Å². The highest BCUT2D eigenvalue weighted by atomic mass is 16.1. The molecule has 0 radical (unpaired) electrons. The van der Waals surface area contributed by atoms with Gasteiger partial charge in [-0.25, -0.2) is 0 Å². The number of carbonyl (C=O) groups excluding carboxylic acids is 1. The van der Waals surface area contributed by atoms with Crippen LogP contribution in [0.2, 0.25) is 0 Å². The van der Waals surface area contributed by atoms with Crippen molar-refractivity contribution < 1.29 is 4.79 Å². The Morgan fingerprint density at radius 1 is 1.67 bits per heavy atom. The number of hydrogen-bond donors (Lipinski definition) is 2. The fraction of sp³-hybridized carbons (Fsp3) is 0.538. The second-order valence-electron chi connectivity index (χ2n) is 4.69. The molecular weight excluding hydrogens is 228 g/mol. The monoisotopic (exact) mass is 248 g/mol. The maximum atomic E-state index is 11.1. The number of carbonyl (C=O) groups is 1. The highest BCUT2D eigenvalue weighted by molar-refractivity contribution is 5.77. The minimum absolute atomic E-state index is 0.00181. The molecule has 2 heterocycles. The highest BCUT2D eigenvalue weighted by Gasteiger charge is 2.26. The largest absolute Gasteiger partial charge is 0.385 e. The van der Waals surface area contributed by atoms with E-state index >= 15 is 0 Å². The van der Waals surface area contributed by atoms with Gasteiger partial charge in [-0.15, -0.1) is 0 Å². The molecule has 1 unspecified atom stereocenters. The third-order valence-corrected chi connectivity index (χ3v) is 3.26. The van der Waals surface area contributed by atoms with Gasteiger partial charge in [-0.1, -0.05) is 0 Å². The van der Waals surface area contributed by atoms with E-state index in [0.29, 0.717) is 0 Å². The lowest BCUT2D eigenvalue weighted by Gasteiger charge is -2.15. The summed E-state index contributed by atoms with van der Waals surface area (Å²) in [6.45, 7) is 5.42. The molecule has 1 atom stereocenters. The minimum Gasteiger partial charge on any atom is -0.385 e. The summed E-state index contributed by atoms with van der Waals surface area (Å²) in [5.41, 5.74) is 7.44. The van der Waals surface area contributed by atoms with Gasteiger partial charge in [0.2, 0.25) is 5.91 Å². The molecule has 1 fully saturated rings. The molecule has 0 bridgehead atoms. The molecule has 1 aliphatic rings. The third kappa shape index (κ3) is 3.20. The molecular formula is C13H20N4O. The van der Waals surface area contributed by atoms with E-state index in [1.54, 1.807) is 0 Å². The second-order valence-corrected chi connectivity index (χ2v) is 4.69. The zero-order valence-corrected chi connectivity index (χ0v) is 10.7. The normalized spacial score (nSPS) is 19.9. The van der Waals surface area contributed by atoms with Gasteiger partial charge in [0.1, 0.15) is 0 Å². The molecule has 0 saturated carbocycles. The molecule has 3 N–H and O–H groups in total. The van der Waals surface area contributed by atoms with Crippen molar-refractivity contribution in [1.29, 1.82) is 0 Å². The molecule has 98 valence electrons. The first kappa shape index (κ1) is 12.8. The SMILES string of the molecule is CCNc1ccnc(CN2CCC(C(N)=O)C2)c1. The van der Waals surface area contributed by atoms with Crippen LogP contribution in [0.5, 0.6) is 0 Å². The number of amides is 1. The average molecular weight is 248 g/mol. The Morgan fingerprint density at radius 2 is 2.50 bits per heavy atom. The van der Waals surface area contributed by atoms with Crippen LogP contribution < -0.4 is 11.1 Å². The topological polar surface area (TPSA) is 71.2 Å². The third-order valence-electron chi connectivity index (χ3n) is 3.26. The van der Waals surface area contributed by atoms with Crippen LogP contribution in [0.3, 0.4) is 0 Å². The smallest absolute Gasteiger partial charge is 0.221 e. The summed E-state index contributed by atoms with van der Waals surface area (Å²) in [5, 5.41) is 3.27. The van der Waals surface area contributed by atoms with E-state index in [0.717, 1.165) is 44.0 Å². The van der Waals surface area contributed by atoms with Crippen molar-refractivity contribution in [3.8, 4) is 0 Å². The van der Waals surface area contributed by atoms with Gasteiger partial charge < -0.3 is 11.1 Å². The summed E-state index contributed by atoms with van der Waals surface area (Å²) in [4.78, 5) is 17.7. The molecule has 1 saturated heterocycles. The molecule has 5 heteroatoms. The van der Waals surface area contributed by atoms with E-state index < -0.39 is 0 Å². The van der Waals surface area contributed by atoms with Crippen LogP contribution in [-0.2, 0) is 11.3 Å².